The number of amides is 2. The molecule has 0 saturated carbocycles. The number of para-hydroxylation sites is 1. The van der Waals surface area contributed by atoms with E-state index in [-0.39, 0.29) is 44.5 Å². The van der Waals surface area contributed by atoms with E-state index in [9.17, 15) is 33.9 Å². The van der Waals surface area contributed by atoms with Crippen LogP contribution in [0.2, 0.25) is 0 Å². The summed E-state index contributed by atoms with van der Waals surface area (Å²) in [5.74, 6) is -4.53. The van der Waals surface area contributed by atoms with Crippen LogP contribution in [0.3, 0.4) is 0 Å². The molecule has 1 aromatic carbocycles. The molecule has 56 heavy (non-hydrogen) atoms. The van der Waals surface area contributed by atoms with Gasteiger partial charge in [0.25, 0.3) is 5.56 Å². The number of esters is 2. The molecule has 2 atom stereocenters. The number of carbonyl (C=O) groups is 5. The smallest absolute Gasteiger partial charge is 0.355 e. The van der Waals surface area contributed by atoms with Crippen molar-refractivity contribution in [3.05, 3.63) is 63.4 Å². The molecule has 2 aromatic heterocycles. The van der Waals surface area contributed by atoms with Gasteiger partial charge in [0, 0.05) is 22.9 Å². The Morgan fingerprint density at radius 2 is 1.57 bits per heavy atom. The van der Waals surface area contributed by atoms with Crippen LogP contribution in [-0.4, -0.2) is 57.0 Å². The molecule has 0 fully saturated rings. The summed E-state index contributed by atoms with van der Waals surface area (Å²) in [6.07, 6.45) is 14.4. The number of benzene rings is 1. The van der Waals surface area contributed by atoms with Crippen LogP contribution < -0.4 is 16.2 Å². The molecule has 5 rings (SSSR count). The molecule has 13 nitrogen and oxygen atoms in total. The molecule has 3 aromatic rings. The third-order valence-electron chi connectivity index (χ3n) is 10.6. The van der Waals surface area contributed by atoms with Crippen molar-refractivity contribution in [1.82, 2.24) is 20.2 Å². The SMILES string of the molecule is C.CCCCCCCCCCCCCCCC(=O)N[C@H](CC(=O)O)C(=O)NCC(=O)O[C@]1(CC)C(=O)OCc2c1cc1n(c2=O)Cc2cc3ccccc3nc2-1. The number of ether oxygens (including phenoxy) is 2. The van der Waals surface area contributed by atoms with Crippen molar-refractivity contribution in [2.24, 2.45) is 0 Å². The molecule has 13 heteroatoms. The highest BCUT2D eigenvalue weighted by molar-refractivity contribution is 5.93. The number of hydrogen-bond acceptors (Lipinski definition) is 9. The maximum atomic E-state index is 13.8. The number of aromatic nitrogens is 2. The number of pyridine rings is 2. The zero-order valence-corrected chi connectivity index (χ0v) is 32.1. The van der Waals surface area contributed by atoms with Gasteiger partial charge in [-0.2, -0.15) is 0 Å². The first kappa shape index (κ1) is 43.7. The third kappa shape index (κ3) is 10.6. The number of carboxylic acid groups (broad SMARTS) is 1. The van der Waals surface area contributed by atoms with Crippen LogP contribution >= 0.6 is 0 Å². The van der Waals surface area contributed by atoms with Gasteiger partial charge in [-0.3, -0.25) is 24.0 Å². The molecule has 4 heterocycles. The fourth-order valence-corrected chi connectivity index (χ4v) is 7.55. The van der Waals surface area contributed by atoms with Crippen LogP contribution in [0, 0.1) is 0 Å². The lowest BCUT2D eigenvalue weighted by molar-refractivity contribution is -0.189. The lowest BCUT2D eigenvalue weighted by Gasteiger charge is -2.35. The van der Waals surface area contributed by atoms with Crippen LogP contribution in [-0.2, 0) is 52.2 Å². The molecule has 2 amide bonds. The van der Waals surface area contributed by atoms with Crippen molar-refractivity contribution in [3.8, 4) is 11.4 Å². The fraction of sp³-hybridized carbons (Fsp3) is 0.558. The van der Waals surface area contributed by atoms with Crippen molar-refractivity contribution in [3.63, 3.8) is 0 Å². The summed E-state index contributed by atoms with van der Waals surface area (Å²) >= 11 is 0. The molecular weight excluding hydrogens is 716 g/mol. The normalized spacial score (nSPS) is 15.8. The Morgan fingerprint density at radius 1 is 0.929 bits per heavy atom. The van der Waals surface area contributed by atoms with E-state index in [1.54, 1.807) is 17.6 Å². The number of hydrogen-bond donors (Lipinski definition) is 3. The zero-order chi connectivity index (χ0) is 39.4. The monoisotopic (exact) mass is 774 g/mol. The summed E-state index contributed by atoms with van der Waals surface area (Å²) < 4.78 is 12.7. The molecule has 0 aliphatic carbocycles. The second-order valence-electron chi connectivity index (χ2n) is 14.7. The summed E-state index contributed by atoms with van der Waals surface area (Å²) in [4.78, 5) is 82.5. The van der Waals surface area contributed by atoms with E-state index in [0.717, 1.165) is 35.7 Å². The Kier molecular flexibility index (Phi) is 16.2. The van der Waals surface area contributed by atoms with E-state index in [4.69, 9.17) is 14.5 Å². The molecule has 0 radical (unpaired) electrons. The largest absolute Gasteiger partial charge is 0.481 e. The van der Waals surface area contributed by atoms with Gasteiger partial charge in [0.1, 0.15) is 19.2 Å². The highest BCUT2D eigenvalue weighted by atomic mass is 16.6. The van der Waals surface area contributed by atoms with Crippen LogP contribution in [0.25, 0.3) is 22.3 Å². The van der Waals surface area contributed by atoms with Crippen LogP contribution in [0.4, 0.5) is 0 Å². The highest BCUT2D eigenvalue weighted by Gasteiger charge is 2.50. The Hall–Kier alpha value is -5.07. The maximum absolute atomic E-state index is 13.8. The highest BCUT2D eigenvalue weighted by Crippen LogP contribution is 2.41. The third-order valence-corrected chi connectivity index (χ3v) is 10.6. The number of fused-ring (bicyclic) bond motifs is 5. The fourth-order valence-electron chi connectivity index (χ4n) is 7.55. The quantitative estimate of drug-likeness (QED) is 0.0566. The molecule has 2 aliphatic rings. The van der Waals surface area contributed by atoms with Crippen LogP contribution in [0.15, 0.2) is 41.2 Å². The first-order chi connectivity index (χ1) is 26.6. The van der Waals surface area contributed by atoms with E-state index in [0.29, 0.717) is 17.8 Å². The first-order valence-corrected chi connectivity index (χ1v) is 19.9. The lowest BCUT2D eigenvalue weighted by atomic mass is 9.85. The zero-order valence-electron chi connectivity index (χ0n) is 32.1. The van der Waals surface area contributed by atoms with Gasteiger partial charge in [0.15, 0.2) is 0 Å². The number of rotatable bonds is 22. The molecule has 0 spiro atoms. The second kappa shape index (κ2) is 20.7. The number of carboxylic acids is 1. The molecule has 0 unspecified atom stereocenters. The summed E-state index contributed by atoms with van der Waals surface area (Å²) in [7, 11) is 0. The van der Waals surface area contributed by atoms with Crippen molar-refractivity contribution in [2.45, 2.75) is 149 Å². The van der Waals surface area contributed by atoms with Crippen LogP contribution in [0.1, 0.15) is 141 Å². The van der Waals surface area contributed by atoms with Gasteiger partial charge >= 0.3 is 17.9 Å². The number of cyclic esters (lactones) is 1. The molecule has 0 bridgehead atoms. The first-order valence-electron chi connectivity index (χ1n) is 19.9. The van der Waals surface area contributed by atoms with E-state index in [1.165, 1.54) is 57.8 Å². The van der Waals surface area contributed by atoms with E-state index >= 15 is 0 Å². The Morgan fingerprint density at radius 3 is 2.21 bits per heavy atom. The molecule has 2 aliphatic heterocycles. The number of nitrogens with zero attached hydrogens (tertiary/aromatic N) is 2. The predicted octanol–water partition coefficient (Wildman–Crippen LogP) is 6.82. The number of nitrogens with one attached hydrogen (secondary N) is 2. The van der Waals surface area contributed by atoms with Gasteiger partial charge in [-0.15, -0.1) is 0 Å². The molecule has 0 saturated heterocycles. The van der Waals surface area contributed by atoms with Gasteiger partial charge < -0.3 is 29.8 Å². The number of unbranched alkanes of at least 4 members (excludes halogenated alkanes) is 12. The van der Waals surface area contributed by atoms with Crippen molar-refractivity contribution < 1.29 is 38.6 Å². The van der Waals surface area contributed by atoms with Gasteiger partial charge in [0.2, 0.25) is 17.4 Å². The molecule has 304 valence electrons. The Labute approximate surface area is 328 Å². The summed E-state index contributed by atoms with van der Waals surface area (Å²) in [6, 6.07) is 9.77. The van der Waals surface area contributed by atoms with Gasteiger partial charge in [-0.1, -0.05) is 117 Å². The Bertz CT molecular complexity index is 1940. The van der Waals surface area contributed by atoms with Gasteiger partial charge in [-0.05, 0) is 31.0 Å². The second-order valence-corrected chi connectivity index (χ2v) is 14.7. The number of aliphatic carboxylic acids is 1. The Balaban J connectivity index is 0.00000696. The molecular formula is C43H58N4O9. The molecule has 3 N–H and O–H groups in total. The summed E-state index contributed by atoms with van der Waals surface area (Å²) in [5, 5.41) is 15.2. The van der Waals surface area contributed by atoms with Gasteiger partial charge in [0.05, 0.1) is 35.4 Å². The average molecular weight is 775 g/mol. The topological polar surface area (TPSA) is 183 Å². The van der Waals surface area contributed by atoms with E-state index in [1.807, 2.05) is 30.3 Å². The minimum Gasteiger partial charge on any atom is -0.481 e. The minimum absolute atomic E-state index is 0. The van der Waals surface area contributed by atoms with Crippen molar-refractivity contribution >= 4 is 40.6 Å². The average Bonchev–Trinajstić information content (AvgIpc) is 3.53. The van der Waals surface area contributed by atoms with Crippen molar-refractivity contribution in [1.29, 1.82) is 0 Å². The standard InChI is InChI=1S/C42H54N4O9.CH4/c1-3-5-6-7-8-9-10-11-12-13-14-15-16-21-35(47)44-33(24-36(48)49)39(51)43-25-37(50)55-42(4-2)31-23-34-38-29(22-28-19-17-18-20-32(28)45-38)26-46(34)40(52)30(31)27-54-41(42)53;/h17-20,22-23,33H,3-16,21,24-27H2,1-2H3,(H,43,51)(H,44,47)(H,48,49);1H4/t33-,42+;/m1./s1. The van der Waals surface area contributed by atoms with E-state index < -0.39 is 59.9 Å². The number of carbonyl (C=O) groups excluding carboxylic acids is 4. The van der Waals surface area contributed by atoms with E-state index in [2.05, 4.69) is 17.6 Å². The predicted molar refractivity (Wildman–Crippen MR) is 213 cm³/mol. The van der Waals surface area contributed by atoms with Crippen molar-refractivity contribution in [2.75, 3.05) is 6.54 Å². The van der Waals surface area contributed by atoms with Crippen LogP contribution in [0.5, 0.6) is 0 Å². The lowest BCUT2D eigenvalue weighted by Crippen LogP contribution is -2.51. The maximum Gasteiger partial charge on any atom is 0.355 e. The van der Waals surface area contributed by atoms with Gasteiger partial charge in [-0.25, -0.2) is 9.78 Å². The summed E-state index contributed by atoms with van der Waals surface area (Å²) in [5.41, 5.74) is 0.622. The minimum atomic E-state index is -1.98. The summed E-state index contributed by atoms with van der Waals surface area (Å²) in [6.45, 7) is 3.09.